The fourth-order valence-corrected chi connectivity index (χ4v) is 12.2. The zero-order chi connectivity index (χ0) is 36.9. The summed E-state index contributed by atoms with van der Waals surface area (Å²) in [6.45, 7) is 6.88. The molecule has 0 aromatic carbocycles. The number of fused-ring (bicyclic) bond motifs is 7. The van der Waals surface area contributed by atoms with Crippen LogP contribution in [0, 0.1) is 34.0 Å². The maximum absolute atomic E-state index is 14.2. The van der Waals surface area contributed by atoms with Crippen LogP contribution in [0.5, 0.6) is 0 Å². The van der Waals surface area contributed by atoms with Gasteiger partial charge in [-0.05, 0) is 33.3 Å². The lowest BCUT2D eigenvalue weighted by molar-refractivity contribution is -0.314. The first-order valence-electron chi connectivity index (χ1n) is 17.2. The molecule has 5 heterocycles. The van der Waals surface area contributed by atoms with Crippen molar-refractivity contribution in [3.05, 3.63) is 24.0 Å². The Labute approximate surface area is 293 Å². The second kappa shape index (κ2) is 10.5. The number of aliphatic hydroxyl groups excluding tert-OH is 1. The van der Waals surface area contributed by atoms with Gasteiger partial charge < -0.3 is 58.0 Å². The molecule has 2 bridgehead atoms. The molecule has 1 spiro atoms. The van der Waals surface area contributed by atoms with Gasteiger partial charge in [-0.25, -0.2) is 9.59 Å². The maximum atomic E-state index is 14.2. The van der Waals surface area contributed by atoms with E-state index in [1.165, 1.54) is 19.3 Å². The third-order valence-corrected chi connectivity index (χ3v) is 14.1. The number of methoxy groups -OCH3 is 2. The first-order valence-corrected chi connectivity index (χ1v) is 17.2. The van der Waals surface area contributed by atoms with Crippen molar-refractivity contribution >= 4 is 23.9 Å². The van der Waals surface area contributed by atoms with E-state index in [1.54, 1.807) is 33.8 Å². The fourth-order valence-electron chi connectivity index (χ4n) is 12.2. The third-order valence-electron chi connectivity index (χ3n) is 14.1. The minimum Gasteiger partial charge on any atom is -0.469 e. The third kappa shape index (κ3) is 3.65. The minimum absolute atomic E-state index is 0.235. The maximum Gasteiger partial charge on any atom is 0.366 e. The van der Waals surface area contributed by atoms with Crippen LogP contribution in [-0.2, 0) is 61.8 Å². The molecule has 8 rings (SSSR count). The molecule has 4 saturated heterocycles. The number of allylic oxidation sites excluding steroid dienone is 1. The summed E-state index contributed by atoms with van der Waals surface area (Å²) in [6.07, 6.45) is -3.11. The molecule has 5 aliphatic heterocycles. The van der Waals surface area contributed by atoms with E-state index in [0.717, 1.165) is 14.2 Å². The Kier molecular flexibility index (Phi) is 7.20. The van der Waals surface area contributed by atoms with E-state index in [1.807, 2.05) is 0 Å². The van der Waals surface area contributed by atoms with E-state index >= 15 is 0 Å². The van der Waals surface area contributed by atoms with Gasteiger partial charge in [0.05, 0.1) is 52.0 Å². The van der Waals surface area contributed by atoms with Crippen molar-refractivity contribution in [2.45, 2.75) is 107 Å². The predicted octanol–water partition coefficient (Wildman–Crippen LogP) is -0.203. The van der Waals surface area contributed by atoms with Crippen LogP contribution < -0.4 is 0 Å². The van der Waals surface area contributed by atoms with Crippen molar-refractivity contribution in [1.29, 1.82) is 0 Å². The van der Waals surface area contributed by atoms with Crippen LogP contribution in [0.4, 0.5) is 0 Å². The zero-order valence-corrected chi connectivity index (χ0v) is 29.4. The SMILES string of the molecule is C/C=C(\C)C(=O)O[C@H]1C[C@@H](OC(C)=O)[C@]2(C(=O)OC)CO[C@@H]3[C@@H](O)[C@@](C)([C@@]45O[C@]4(C)[C@H]4C[C@@H]5O[C@H]5OC=C[C@]54O)[C@@H]4[C@@]1(CO[C@]4(O)C(=O)OC)[C@@H]32. The Bertz CT molecular complexity index is 1660. The van der Waals surface area contributed by atoms with Crippen LogP contribution >= 0.6 is 0 Å². The molecule has 3 saturated carbocycles. The van der Waals surface area contributed by atoms with E-state index in [-0.39, 0.29) is 18.4 Å². The summed E-state index contributed by atoms with van der Waals surface area (Å²) in [5, 5.41) is 37.4. The Morgan fingerprint density at radius 3 is 2.31 bits per heavy atom. The average Bonchev–Trinajstić information content (AvgIpc) is 3.47. The molecule has 7 fully saturated rings. The van der Waals surface area contributed by atoms with Crippen molar-refractivity contribution in [3.8, 4) is 0 Å². The number of aliphatic hydroxyl groups is 3. The Morgan fingerprint density at radius 2 is 1.67 bits per heavy atom. The molecule has 16 heteroatoms. The Morgan fingerprint density at radius 1 is 0.961 bits per heavy atom. The molecular formula is C35H44O16. The van der Waals surface area contributed by atoms with Gasteiger partial charge in [-0.1, -0.05) is 13.0 Å². The van der Waals surface area contributed by atoms with Crippen molar-refractivity contribution in [2.75, 3.05) is 27.4 Å². The summed E-state index contributed by atoms with van der Waals surface area (Å²) < 4.78 is 54.0. The van der Waals surface area contributed by atoms with Crippen molar-refractivity contribution in [2.24, 2.45) is 34.0 Å². The van der Waals surface area contributed by atoms with E-state index in [4.69, 9.17) is 42.6 Å². The highest BCUT2D eigenvalue weighted by Crippen LogP contribution is 2.83. The van der Waals surface area contributed by atoms with Gasteiger partial charge in [0.1, 0.15) is 28.8 Å². The number of hydrogen-bond donors (Lipinski definition) is 3. The van der Waals surface area contributed by atoms with Crippen molar-refractivity contribution in [1.82, 2.24) is 0 Å². The molecule has 16 nitrogen and oxygen atoms in total. The highest BCUT2D eigenvalue weighted by Gasteiger charge is 2.97. The lowest BCUT2D eigenvalue weighted by atomic mass is 9.37. The van der Waals surface area contributed by atoms with Gasteiger partial charge in [-0.15, -0.1) is 0 Å². The highest BCUT2D eigenvalue weighted by molar-refractivity contribution is 5.88. The number of esters is 4. The van der Waals surface area contributed by atoms with Crippen molar-refractivity contribution in [3.63, 3.8) is 0 Å². The molecule has 16 atom stereocenters. The van der Waals surface area contributed by atoms with Gasteiger partial charge in [-0.3, -0.25) is 9.59 Å². The second-order valence-electron chi connectivity index (χ2n) is 15.8. The molecule has 0 amide bonds. The number of hydrogen-bond acceptors (Lipinski definition) is 16. The van der Waals surface area contributed by atoms with Crippen LogP contribution in [0.1, 0.15) is 47.5 Å². The average molecular weight is 721 g/mol. The number of epoxide rings is 1. The van der Waals surface area contributed by atoms with Crippen LogP contribution in [0.2, 0.25) is 0 Å². The Hall–Kier alpha value is -3.12. The quantitative estimate of drug-likeness (QED) is 0.140. The molecule has 0 aromatic rings. The summed E-state index contributed by atoms with van der Waals surface area (Å²) in [5.74, 6) is -9.76. The van der Waals surface area contributed by atoms with Crippen LogP contribution in [-0.4, -0.2) is 126 Å². The lowest BCUT2D eigenvalue weighted by Crippen LogP contribution is -2.79. The number of carbonyl (C=O) groups is 4. The standard InChI is InChI=1S/C35H44O16/c1-8-15(2)24(38)49-18-12-19(48-16(3)36)32(26(39)43-6)13-46-21-22(32)31(18)14-47-34(42,27(40)44-7)25(31)29(4,23(21)37)35-20-11-17(30(35,5)51-35)33(41)9-10-45-28(33)50-20/h8-10,17-23,25,28,37,41-42H,11-14H2,1-7H3/b15-8+/t17-,18+,19-,20+,21+,22-,23-,25-,28-,29-,30-,31-,32-,33-,34+,35-/m1/s1. The molecule has 0 aromatic heterocycles. The van der Waals surface area contributed by atoms with Crippen LogP contribution in [0.25, 0.3) is 0 Å². The largest absolute Gasteiger partial charge is 0.469 e. The summed E-state index contributed by atoms with van der Waals surface area (Å²) in [5.41, 5.74) is -9.47. The van der Waals surface area contributed by atoms with E-state index in [9.17, 15) is 34.5 Å². The van der Waals surface area contributed by atoms with E-state index in [2.05, 4.69) is 0 Å². The second-order valence-corrected chi connectivity index (χ2v) is 15.8. The van der Waals surface area contributed by atoms with Gasteiger partial charge in [0.25, 0.3) is 5.79 Å². The summed E-state index contributed by atoms with van der Waals surface area (Å²) >= 11 is 0. The number of rotatable bonds is 6. The summed E-state index contributed by atoms with van der Waals surface area (Å²) in [6, 6.07) is 0. The molecule has 8 aliphatic rings. The van der Waals surface area contributed by atoms with Gasteiger partial charge in [0, 0.05) is 47.5 Å². The number of carbonyl (C=O) groups excluding carboxylic acids is 4. The summed E-state index contributed by atoms with van der Waals surface area (Å²) in [7, 11) is 2.23. The molecule has 0 unspecified atom stereocenters. The summed E-state index contributed by atoms with van der Waals surface area (Å²) in [4.78, 5) is 54.4. The first kappa shape index (κ1) is 34.9. The zero-order valence-electron chi connectivity index (χ0n) is 29.4. The van der Waals surface area contributed by atoms with Gasteiger partial charge in [0.15, 0.2) is 5.60 Å². The first-order chi connectivity index (χ1) is 23.9. The molecular weight excluding hydrogens is 676 g/mol. The van der Waals surface area contributed by atoms with E-state index in [0.29, 0.717) is 0 Å². The van der Waals surface area contributed by atoms with E-state index < -0.39 is 130 Å². The van der Waals surface area contributed by atoms with Gasteiger partial charge in [0.2, 0.25) is 6.29 Å². The molecule has 0 radical (unpaired) electrons. The van der Waals surface area contributed by atoms with Crippen molar-refractivity contribution < 1.29 is 77.1 Å². The minimum atomic E-state index is -2.82. The molecule has 3 N–H and O–H groups in total. The molecule has 280 valence electrons. The normalized spacial score (nSPS) is 53.9. The smallest absolute Gasteiger partial charge is 0.366 e. The van der Waals surface area contributed by atoms with Crippen LogP contribution in [0.3, 0.4) is 0 Å². The van der Waals surface area contributed by atoms with Gasteiger partial charge in [-0.2, -0.15) is 0 Å². The Balaban J connectivity index is 1.40. The number of ether oxygens (including phenoxy) is 9. The molecule has 51 heavy (non-hydrogen) atoms. The predicted molar refractivity (Wildman–Crippen MR) is 164 cm³/mol. The monoisotopic (exact) mass is 720 g/mol. The van der Waals surface area contributed by atoms with Crippen LogP contribution in [0.15, 0.2) is 24.0 Å². The molecule has 3 aliphatic carbocycles. The highest BCUT2D eigenvalue weighted by atomic mass is 16.7. The lowest BCUT2D eigenvalue weighted by Gasteiger charge is -2.65. The fraction of sp³-hybridized carbons (Fsp3) is 0.771. The topological polar surface area (TPSA) is 215 Å². The van der Waals surface area contributed by atoms with Gasteiger partial charge >= 0.3 is 23.9 Å².